The second-order valence-electron chi connectivity index (χ2n) is 6.40. The molecule has 0 spiro atoms. The Morgan fingerprint density at radius 1 is 1.17 bits per heavy atom. The average molecular weight is 322 g/mol. The van der Waals surface area contributed by atoms with Crippen LogP contribution in [0.2, 0.25) is 0 Å². The van der Waals surface area contributed by atoms with Crippen molar-refractivity contribution in [1.29, 1.82) is 0 Å². The van der Waals surface area contributed by atoms with Gasteiger partial charge in [-0.15, -0.1) is 0 Å². The molecule has 23 heavy (non-hydrogen) atoms. The number of ether oxygens (including phenoxy) is 2. The fraction of sp³-hybridized carbons (Fsp3) is 0.579. The SMILES string of the molecule is CC(=O)OC(C)(C)C.CCCc1ccccc1C(C)C(=O)OC. The van der Waals surface area contributed by atoms with Crippen molar-refractivity contribution in [3.8, 4) is 0 Å². The number of hydrogen-bond acceptors (Lipinski definition) is 4. The van der Waals surface area contributed by atoms with E-state index in [1.165, 1.54) is 19.6 Å². The van der Waals surface area contributed by atoms with Gasteiger partial charge < -0.3 is 9.47 Å². The molecule has 0 bridgehead atoms. The van der Waals surface area contributed by atoms with Crippen molar-refractivity contribution in [2.45, 2.75) is 65.9 Å². The topological polar surface area (TPSA) is 52.6 Å². The number of hydrogen-bond donors (Lipinski definition) is 0. The third-order valence-corrected chi connectivity index (χ3v) is 3.05. The Labute approximate surface area is 140 Å². The highest BCUT2D eigenvalue weighted by molar-refractivity contribution is 5.78. The second kappa shape index (κ2) is 10.0. The minimum absolute atomic E-state index is 0.168. The summed E-state index contributed by atoms with van der Waals surface area (Å²) in [6, 6.07) is 8.07. The summed E-state index contributed by atoms with van der Waals surface area (Å²) in [5.74, 6) is -0.561. The third-order valence-electron chi connectivity index (χ3n) is 3.05. The smallest absolute Gasteiger partial charge is 0.312 e. The lowest BCUT2D eigenvalue weighted by atomic mass is 9.93. The van der Waals surface area contributed by atoms with E-state index in [2.05, 4.69) is 13.0 Å². The van der Waals surface area contributed by atoms with E-state index in [-0.39, 0.29) is 23.5 Å². The molecule has 0 radical (unpaired) electrons. The molecule has 0 saturated carbocycles. The van der Waals surface area contributed by atoms with Crippen LogP contribution in [0.5, 0.6) is 0 Å². The zero-order valence-electron chi connectivity index (χ0n) is 15.4. The number of aryl methyl sites for hydroxylation is 1. The van der Waals surface area contributed by atoms with Crippen molar-refractivity contribution in [2.24, 2.45) is 0 Å². The maximum atomic E-state index is 11.4. The number of esters is 2. The fourth-order valence-corrected chi connectivity index (χ4v) is 2.19. The summed E-state index contributed by atoms with van der Waals surface area (Å²) in [5.41, 5.74) is 2.01. The number of methoxy groups -OCH3 is 1. The van der Waals surface area contributed by atoms with Crippen molar-refractivity contribution in [1.82, 2.24) is 0 Å². The largest absolute Gasteiger partial charge is 0.469 e. The molecule has 4 nitrogen and oxygen atoms in total. The number of carbonyl (C=O) groups is 2. The van der Waals surface area contributed by atoms with Gasteiger partial charge in [0, 0.05) is 6.92 Å². The van der Waals surface area contributed by atoms with Gasteiger partial charge in [0.1, 0.15) is 5.60 Å². The Kier molecular flexibility index (Phi) is 9.23. The maximum Gasteiger partial charge on any atom is 0.312 e. The zero-order chi connectivity index (χ0) is 18.0. The summed E-state index contributed by atoms with van der Waals surface area (Å²) >= 11 is 0. The van der Waals surface area contributed by atoms with Gasteiger partial charge in [0.2, 0.25) is 0 Å². The van der Waals surface area contributed by atoms with Crippen LogP contribution in [0.3, 0.4) is 0 Å². The van der Waals surface area contributed by atoms with E-state index in [1.807, 2.05) is 45.9 Å². The van der Waals surface area contributed by atoms with Gasteiger partial charge in [-0.3, -0.25) is 9.59 Å². The van der Waals surface area contributed by atoms with Gasteiger partial charge >= 0.3 is 11.9 Å². The lowest BCUT2D eigenvalue weighted by Gasteiger charge is -2.17. The molecule has 1 rings (SSSR count). The first kappa shape index (κ1) is 21.2. The summed E-state index contributed by atoms with van der Waals surface area (Å²) < 4.78 is 9.56. The van der Waals surface area contributed by atoms with Gasteiger partial charge in [0.05, 0.1) is 13.0 Å². The molecule has 4 heteroatoms. The molecule has 1 unspecified atom stereocenters. The highest BCUT2D eigenvalue weighted by Gasteiger charge is 2.17. The normalized spacial score (nSPS) is 11.8. The molecule has 1 aromatic rings. The van der Waals surface area contributed by atoms with E-state index in [0.717, 1.165) is 18.4 Å². The molecular formula is C19H30O4. The Morgan fingerprint density at radius 3 is 2.13 bits per heavy atom. The van der Waals surface area contributed by atoms with E-state index in [4.69, 9.17) is 9.47 Å². The zero-order valence-corrected chi connectivity index (χ0v) is 15.4. The highest BCUT2D eigenvalue weighted by Crippen LogP contribution is 2.22. The van der Waals surface area contributed by atoms with E-state index >= 15 is 0 Å². The van der Waals surface area contributed by atoms with Gasteiger partial charge in [-0.2, -0.15) is 0 Å². The van der Waals surface area contributed by atoms with Gasteiger partial charge in [-0.25, -0.2) is 0 Å². The Hall–Kier alpha value is -1.84. The van der Waals surface area contributed by atoms with Gasteiger partial charge in [0.15, 0.2) is 0 Å². The monoisotopic (exact) mass is 322 g/mol. The summed E-state index contributed by atoms with van der Waals surface area (Å²) in [4.78, 5) is 21.7. The second-order valence-corrected chi connectivity index (χ2v) is 6.40. The van der Waals surface area contributed by atoms with Crippen molar-refractivity contribution >= 4 is 11.9 Å². The summed E-state index contributed by atoms with van der Waals surface area (Å²) in [7, 11) is 1.43. The van der Waals surface area contributed by atoms with Crippen LogP contribution in [-0.4, -0.2) is 24.6 Å². The van der Waals surface area contributed by atoms with Crippen molar-refractivity contribution in [3.63, 3.8) is 0 Å². The van der Waals surface area contributed by atoms with Crippen LogP contribution in [0, 0.1) is 0 Å². The van der Waals surface area contributed by atoms with Crippen LogP contribution < -0.4 is 0 Å². The van der Waals surface area contributed by atoms with Crippen LogP contribution in [0.4, 0.5) is 0 Å². The number of rotatable bonds is 4. The van der Waals surface area contributed by atoms with E-state index in [1.54, 1.807) is 0 Å². The molecule has 0 N–H and O–H groups in total. The quantitative estimate of drug-likeness (QED) is 0.777. The molecule has 0 aliphatic rings. The number of carbonyl (C=O) groups excluding carboxylic acids is 2. The first-order valence-electron chi connectivity index (χ1n) is 7.97. The van der Waals surface area contributed by atoms with Crippen molar-refractivity contribution < 1.29 is 19.1 Å². The van der Waals surface area contributed by atoms with E-state index in [0.29, 0.717) is 0 Å². The molecule has 0 aromatic heterocycles. The summed E-state index contributed by atoms with van der Waals surface area (Å²) in [6.07, 6.45) is 2.10. The highest BCUT2D eigenvalue weighted by atomic mass is 16.6. The Bertz CT molecular complexity index is 500. The van der Waals surface area contributed by atoms with Crippen molar-refractivity contribution in [3.05, 3.63) is 35.4 Å². The first-order chi connectivity index (χ1) is 10.6. The van der Waals surface area contributed by atoms with E-state index in [9.17, 15) is 9.59 Å². The number of benzene rings is 1. The minimum Gasteiger partial charge on any atom is -0.469 e. The van der Waals surface area contributed by atoms with Gasteiger partial charge in [-0.1, -0.05) is 37.6 Å². The van der Waals surface area contributed by atoms with Crippen LogP contribution in [0.15, 0.2) is 24.3 Å². The Balaban J connectivity index is 0.000000515. The molecule has 130 valence electrons. The average Bonchev–Trinajstić information content (AvgIpc) is 2.44. The van der Waals surface area contributed by atoms with Crippen LogP contribution in [0.1, 0.15) is 65.0 Å². The van der Waals surface area contributed by atoms with Crippen LogP contribution in [-0.2, 0) is 25.5 Å². The minimum atomic E-state index is -0.328. The fourth-order valence-electron chi connectivity index (χ4n) is 2.19. The summed E-state index contributed by atoms with van der Waals surface area (Å²) in [6.45, 7) is 11.0. The molecule has 0 fully saturated rings. The maximum absolute atomic E-state index is 11.4. The lowest BCUT2D eigenvalue weighted by Crippen LogP contribution is -2.21. The molecule has 1 aromatic carbocycles. The molecular weight excluding hydrogens is 292 g/mol. The predicted molar refractivity (Wildman–Crippen MR) is 92.4 cm³/mol. The predicted octanol–water partition coefficient (Wildman–Crippen LogP) is 4.26. The van der Waals surface area contributed by atoms with Crippen LogP contribution in [0.25, 0.3) is 0 Å². The van der Waals surface area contributed by atoms with Gasteiger partial charge in [0.25, 0.3) is 0 Å². The summed E-state index contributed by atoms with van der Waals surface area (Å²) in [5, 5.41) is 0. The van der Waals surface area contributed by atoms with Crippen molar-refractivity contribution in [2.75, 3.05) is 7.11 Å². The molecule has 0 saturated heterocycles. The Morgan fingerprint density at radius 2 is 1.74 bits per heavy atom. The lowest BCUT2D eigenvalue weighted by molar-refractivity contribution is -0.152. The molecule has 0 amide bonds. The van der Waals surface area contributed by atoms with Gasteiger partial charge in [-0.05, 0) is 45.2 Å². The standard InChI is InChI=1S/C13H18O2.C6H12O2/c1-4-7-11-8-5-6-9-12(11)10(2)13(14)15-3;1-5(7)8-6(2,3)4/h5-6,8-10H,4,7H2,1-3H3;1-4H3. The molecule has 1 atom stereocenters. The molecule has 0 heterocycles. The molecule has 0 aliphatic heterocycles. The third kappa shape index (κ3) is 9.01. The van der Waals surface area contributed by atoms with Crippen LogP contribution >= 0.6 is 0 Å². The molecule has 0 aliphatic carbocycles. The van der Waals surface area contributed by atoms with E-state index < -0.39 is 0 Å². The first-order valence-corrected chi connectivity index (χ1v) is 7.97.